The van der Waals surface area contributed by atoms with E-state index < -0.39 is 0 Å². The highest BCUT2D eigenvalue weighted by molar-refractivity contribution is 6.15. The molecule has 0 unspecified atom stereocenters. The summed E-state index contributed by atoms with van der Waals surface area (Å²) in [5.41, 5.74) is 9.89. The zero-order valence-corrected chi connectivity index (χ0v) is 21.6. The van der Waals surface area contributed by atoms with Crippen molar-refractivity contribution in [1.29, 1.82) is 5.26 Å². The molecule has 186 valence electrons. The highest BCUT2D eigenvalue weighted by atomic mass is 15.0. The van der Waals surface area contributed by atoms with Crippen LogP contribution in [0.3, 0.4) is 0 Å². The van der Waals surface area contributed by atoms with Gasteiger partial charge in [0.1, 0.15) is 0 Å². The summed E-state index contributed by atoms with van der Waals surface area (Å²) < 4.78 is 4.70. The maximum absolute atomic E-state index is 9.35. The zero-order chi connectivity index (χ0) is 26.6. The second-order valence-electron chi connectivity index (χ2n) is 10.1. The Kier molecular flexibility index (Phi) is 4.89. The molecule has 0 N–H and O–H groups in total. The van der Waals surface area contributed by atoms with Crippen molar-refractivity contribution in [2.45, 2.75) is 0 Å². The molecule has 0 amide bonds. The van der Waals surface area contributed by atoms with Crippen LogP contribution in [0.1, 0.15) is 5.56 Å². The molecule has 8 aromatic rings. The normalized spacial score (nSPS) is 11.5. The van der Waals surface area contributed by atoms with Crippen molar-refractivity contribution in [3.05, 3.63) is 145 Å². The third-order valence-electron chi connectivity index (χ3n) is 7.95. The summed E-state index contributed by atoms with van der Waals surface area (Å²) in [4.78, 5) is 0. The Morgan fingerprint density at radius 1 is 0.450 bits per heavy atom. The van der Waals surface area contributed by atoms with Gasteiger partial charge in [-0.25, -0.2) is 0 Å². The fraction of sp³-hybridized carbons (Fsp3) is 0. The third-order valence-corrected chi connectivity index (χ3v) is 7.95. The lowest BCUT2D eigenvalue weighted by Crippen LogP contribution is -1.96. The van der Waals surface area contributed by atoms with Crippen molar-refractivity contribution in [2.75, 3.05) is 0 Å². The maximum atomic E-state index is 9.35. The van der Waals surface area contributed by atoms with Gasteiger partial charge in [0, 0.05) is 38.5 Å². The molecule has 0 fully saturated rings. The molecule has 0 bridgehead atoms. The van der Waals surface area contributed by atoms with Crippen LogP contribution in [0.4, 0.5) is 0 Å². The van der Waals surface area contributed by atoms with E-state index in [2.05, 4.69) is 130 Å². The Balaban J connectivity index is 1.46. The predicted octanol–water partition coefficient (Wildman–Crippen LogP) is 9.42. The molecular formula is C37H23N3. The largest absolute Gasteiger partial charge is 0.309 e. The summed E-state index contributed by atoms with van der Waals surface area (Å²) in [6, 6.07) is 51.3. The van der Waals surface area contributed by atoms with E-state index in [9.17, 15) is 5.26 Å². The van der Waals surface area contributed by atoms with Crippen molar-refractivity contribution < 1.29 is 0 Å². The smallest absolute Gasteiger partial charge is 0.0991 e. The van der Waals surface area contributed by atoms with Crippen LogP contribution in [0.25, 0.3) is 66.1 Å². The van der Waals surface area contributed by atoms with E-state index in [1.165, 1.54) is 38.1 Å². The minimum Gasteiger partial charge on any atom is -0.309 e. The summed E-state index contributed by atoms with van der Waals surface area (Å²) in [6.45, 7) is 0. The fourth-order valence-electron chi connectivity index (χ4n) is 6.20. The molecule has 8 rings (SSSR count). The van der Waals surface area contributed by atoms with Crippen molar-refractivity contribution in [3.63, 3.8) is 0 Å². The van der Waals surface area contributed by atoms with Crippen LogP contribution in [0.5, 0.6) is 0 Å². The molecule has 0 aliphatic rings. The summed E-state index contributed by atoms with van der Waals surface area (Å²) >= 11 is 0. The third kappa shape index (κ3) is 3.24. The monoisotopic (exact) mass is 509 g/mol. The molecule has 0 spiro atoms. The van der Waals surface area contributed by atoms with Gasteiger partial charge >= 0.3 is 0 Å². The lowest BCUT2D eigenvalue weighted by Gasteiger charge is -2.13. The Bertz CT molecular complexity index is 2260. The molecular weight excluding hydrogens is 486 g/mol. The van der Waals surface area contributed by atoms with E-state index in [4.69, 9.17) is 0 Å². The van der Waals surface area contributed by atoms with Gasteiger partial charge in [-0.1, -0.05) is 84.9 Å². The van der Waals surface area contributed by atoms with E-state index in [-0.39, 0.29) is 0 Å². The van der Waals surface area contributed by atoms with Gasteiger partial charge < -0.3 is 9.13 Å². The van der Waals surface area contributed by atoms with Crippen molar-refractivity contribution >= 4 is 43.6 Å². The van der Waals surface area contributed by atoms with Crippen LogP contribution in [-0.4, -0.2) is 9.13 Å². The van der Waals surface area contributed by atoms with Gasteiger partial charge in [0.25, 0.3) is 0 Å². The molecule has 0 radical (unpaired) electrons. The van der Waals surface area contributed by atoms with Gasteiger partial charge in [-0.2, -0.15) is 5.26 Å². The van der Waals surface area contributed by atoms with Crippen LogP contribution in [0.2, 0.25) is 0 Å². The van der Waals surface area contributed by atoms with Crippen molar-refractivity contribution in [3.8, 4) is 28.6 Å². The van der Waals surface area contributed by atoms with Gasteiger partial charge in [0.05, 0.1) is 33.7 Å². The number of nitriles is 1. The number of hydrogen-bond acceptors (Lipinski definition) is 1. The fourth-order valence-corrected chi connectivity index (χ4v) is 6.20. The molecule has 3 nitrogen and oxygen atoms in total. The molecule has 3 heteroatoms. The summed E-state index contributed by atoms with van der Waals surface area (Å²) in [6.07, 6.45) is 0. The van der Waals surface area contributed by atoms with Gasteiger partial charge in [-0.15, -0.1) is 0 Å². The Morgan fingerprint density at radius 2 is 1.05 bits per heavy atom. The van der Waals surface area contributed by atoms with Crippen LogP contribution >= 0.6 is 0 Å². The average molecular weight is 510 g/mol. The van der Waals surface area contributed by atoms with Crippen molar-refractivity contribution in [1.82, 2.24) is 9.13 Å². The topological polar surface area (TPSA) is 33.6 Å². The van der Waals surface area contributed by atoms with Crippen molar-refractivity contribution in [2.24, 2.45) is 0 Å². The lowest BCUT2D eigenvalue weighted by atomic mass is 10.0. The molecule has 2 heterocycles. The number of para-hydroxylation sites is 4. The molecule has 0 aliphatic heterocycles. The molecule has 0 saturated heterocycles. The standard InChI is InChI=1S/C37H23N3/c38-24-25-17-20-28(21-18-25)39-34-15-6-4-11-30(34)32-22-19-26(23-36(32)39)29-13-8-14-33-31-12-5-7-16-35(31)40(37(29)33)27-9-2-1-3-10-27/h1-23H. The number of nitrogens with zero attached hydrogens (tertiary/aromatic N) is 3. The first-order valence-electron chi connectivity index (χ1n) is 13.4. The summed E-state index contributed by atoms with van der Waals surface area (Å²) in [5, 5.41) is 14.3. The lowest BCUT2D eigenvalue weighted by molar-refractivity contribution is 1.18. The first kappa shape index (κ1) is 22.4. The first-order chi connectivity index (χ1) is 19.8. The van der Waals surface area contributed by atoms with Gasteiger partial charge in [-0.05, 0) is 60.2 Å². The number of benzene rings is 6. The summed E-state index contributed by atoms with van der Waals surface area (Å²) in [7, 11) is 0. The zero-order valence-electron chi connectivity index (χ0n) is 21.6. The van der Waals surface area contributed by atoms with E-state index >= 15 is 0 Å². The summed E-state index contributed by atoms with van der Waals surface area (Å²) in [5.74, 6) is 0. The highest BCUT2D eigenvalue weighted by Crippen LogP contribution is 2.40. The number of fused-ring (bicyclic) bond motifs is 6. The van der Waals surface area contributed by atoms with Gasteiger partial charge in [-0.3, -0.25) is 0 Å². The average Bonchev–Trinajstić information content (AvgIpc) is 3.54. The minimum atomic E-state index is 0.658. The Morgan fingerprint density at radius 3 is 1.80 bits per heavy atom. The molecule has 6 aromatic carbocycles. The molecule has 0 aliphatic carbocycles. The van der Waals surface area contributed by atoms with E-state index in [0.717, 1.165) is 28.0 Å². The Hall–Kier alpha value is -5.59. The SMILES string of the molecule is N#Cc1ccc(-n2c3ccccc3c3ccc(-c4cccc5c6ccccc6n(-c6ccccc6)c45)cc32)cc1. The van der Waals surface area contributed by atoms with Crippen LogP contribution in [0, 0.1) is 11.3 Å². The molecule has 2 aromatic heterocycles. The second kappa shape index (κ2) is 8.73. The number of rotatable bonds is 3. The number of aromatic nitrogens is 2. The van der Waals surface area contributed by atoms with E-state index in [0.29, 0.717) is 5.56 Å². The Labute approximate surface area is 231 Å². The second-order valence-corrected chi connectivity index (χ2v) is 10.1. The molecule has 0 atom stereocenters. The molecule has 0 saturated carbocycles. The van der Waals surface area contributed by atoms with Crippen LogP contribution in [0.15, 0.2) is 140 Å². The predicted molar refractivity (Wildman–Crippen MR) is 165 cm³/mol. The molecule has 40 heavy (non-hydrogen) atoms. The van der Waals surface area contributed by atoms with Gasteiger partial charge in [0.15, 0.2) is 0 Å². The minimum absolute atomic E-state index is 0.658. The van der Waals surface area contributed by atoms with Crippen LogP contribution in [-0.2, 0) is 0 Å². The van der Waals surface area contributed by atoms with Gasteiger partial charge in [0.2, 0.25) is 0 Å². The first-order valence-corrected chi connectivity index (χ1v) is 13.4. The maximum Gasteiger partial charge on any atom is 0.0991 e. The number of hydrogen-bond donors (Lipinski definition) is 0. The highest BCUT2D eigenvalue weighted by Gasteiger charge is 2.18. The van der Waals surface area contributed by atoms with E-state index in [1.807, 2.05) is 24.3 Å². The van der Waals surface area contributed by atoms with E-state index in [1.54, 1.807) is 0 Å². The quantitative estimate of drug-likeness (QED) is 0.233. The van der Waals surface area contributed by atoms with Crippen LogP contribution < -0.4 is 0 Å².